The van der Waals surface area contributed by atoms with Crippen molar-refractivity contribution in [2.24, 2.45) is 5.92 Å². The third-order valence-electron chi connectivity index (χ3n) is 4.31. The molecule has 0 spiro atoms. The number of pyridine rings is 1. The summed E-state index contributed by atoms with van der Waals surface area (Å²) < 4.78 is 1.96. The number of rotatable bonds is 5. The van der Waals surface area contributed by atoms with E-state index in [2.05, 4.69) is 32.3 Å². The van der Waals surface area contributed by atoms with E-state index in [1.54, 1.807) is 12.5 Å². The summed E-state index contributed by atoms with van der Waals surface area (Å²) in [4.78, 5) is 23.0. The van der Waals surface area contributed by atoms with Crippen molar-refractivity contribution in [1.82, 2.24) is 19.9 Å². The molecule has 3 rings (SSSR count). The van der Waals surface area contributed by atoms with Crippen LogP contribution in [0.15, 0.2) is 37.1 Å². The van der Waals surface area contributed by atoms with Gasteiger partial charge in [-0.05, 0) is 31.4 Å². The molecule has 0 atom stereocenters. The van der Waals surface area contributed by atoms with Crippen LogP contribution in [-0.4, -0.2) is 40.1 Å². The van der Waals surface area contributed by atoms with E-state index in [0.717, 1.165) is 38.3 Å². The van der Waals surface area contributed by atoms with E-state index in [-0.39, 0.29) is 11.8 Å². The normalized spacial score (nSPS) is 15.6. The lowest BCUT2D eigenvalue weighted by molar-refractivity contribution is -0.125. The fourth-order valence-electron chi connectivity index (χ4n) is 2.89. The highest BCUT2D eigenvalue weighted by Gasteiger charge is 2.25. The van der Waals surface area contributed by atoms with Crippen molar-refractivity contribution in [3.63, 3.8) is 0 Å². The van der Waals surface area contributed by atoms with Gasteiger partial charge in [-0.3, -0.25) is 4.79 Å². The minimum absolute atomic E-state index is 0.111. The zero-order valence-electron chi connectivity index (χ0n) is 13.5. The zero-order chi connectivity index (χ0) is 16.1. The van der Waals surface area contributed by atoms with Gasteiger partial charge in [0.25, 0.3) is 0 Å². The molecule has 122 valence electrons. The van der Waals surface area contributed by atoms with Gasteiger partial charge in [0.2, 0.25) is 5.91 Å². The third-order valence-corrected chi connectivity index (χ3v) is 4.31. The van der Waals surface area contributed by atoms with Crippen molar-refractivity contribution >= 4 is 11.7 Å². The largest absolute Gasteiger partial charge is 0.357 e. The maximum Gasteiger partial charge on any atom is 0.223 e. The smallest absolute Gasteiger partial charge is 0.223 e. The summed E-state index contributed by atoms with van der Waals surface area (Å²) >= 11 is 0. The van der Waals surface area contributed by atoms with Crippen LogP contribution in [0, 0.1) is 12.8 Å². The molecule has 1 aliphatic heterocycles. The molecule has 1 aliphatic rings. The Labute approximate surface area is 136 Å². The molecular formula is C17H23N5O. The van der Waals surface area contributed by atoms with Gasteiger partial charge in [-0.1, -0.05) is 6.07 Å². The van der Waals surface area contributed by atoms with E-state index in [0.29, 0.717) is 6.54 Å². The Balaban J connectivity index is 1.43. The van der Waals surface area contributed by atoms with Crippen LogP contribution in [-0.2, 0) is 11.3 Å². The minimum atomic E-state index is 0.111. The maximum atomic E-state index is 12.2. The molecule has 0 bridgehead atoms. The van der Waals surface area contributed by atoms with Crippen LogP contribution in [0.5, 0.6) is 0 Å². The Bertz CT molecular complexity index is 615. The molecule has 1 fully saturated rings. The number of hydrogen-bond donors (Lipinski definition) is 1. The number of amides is 1. The number of aryl methyl sites for hydroxylation is 1. The van der Waals surface area contributed by atoms with Crippen molar-refractivity contribution in [3.8, 4) is 0 Å². The molecule has 0 saturated carbocycles. The summed E-state index contributed by atoms with van der Waals surface area (Å²) in [6, 6.07) is 4.14. The molecular weight excluding hydrogens is 290 g/mol. The number of anilines is 1. The van der Waals surface area contributed by atoms with Crippen molar-refractivity contribution in [1.29, 1.82) is 0 Å². The second kappa shape index (κ2) is 7.26. The highest BCUT2D eigenvalue weighted by molar-refractivity contribution is 5.78. The number of carbonyl (C=O) groups is 1. The van der Waals surface area contributed by atoms with E-state index in [4.69, 9.17) is 0 Å². The van der Waals surface area contributed by atoms with Crippen LogP contribution in [0.4, 0.5) is 5.82 Å². The fraction of sp³-hybridized carbons (Fsp3) is 0.471. The quantitative estimate of drug-likeness (QED) is 0.911. The van der Waals surface area contributed by atoms with Gasteiger partial charge in [0, 0.05) is 50.7 Å². The van der Waals surface area contributed by atoms with Crippen LogP contribution in [0.3, 0.4) is 0 Å². The van der Waals surface area contributed by atoms with Crippen LogP contribution in [0.25, 0.3) is 0 Å². The first-order chi connectivity index (χ1) is 11.2. The molecule has 0 aliphatic carbocycles. The second-order valence-electron chi connectivity index (χ2n) is 6.05. The molecule has 0 aromatic carbocycles. The first-order valence-electron chi connectivity index (χ1n) is 8.13. The molecule has 3 heterocycles. The summed E-state index contributed by atoms with van der Waals surface area (Å²) in [6.07, 6.45) is 9.07. The molecule has 1 saturated heterocycles. The molecule has 2 aromatic rings. The highest BCUT2D eigenvalue weighted by Crippen LogP contribution is 2.21. The van der Waals surface area contributed by atoms with Crippen LogP contribution < -0.4 is 10.2 Å². The summed E-state index contributed by atoms with van der Waals surface area (Å²) in [5, 5.41) is 3.03. The second-order valence-corrected chi connectivity index (χ2v) is 6.05. The monoisotopic (exact) mass is 313 g/mol. The van der Waals surface area contributed by atoms with Crippen molar-refractivity contribution in [2.75, 3.05) is 24.5 Å². The van der Waals surface area contributed by atoms with Gasteiger partial charge in [-0.2, -0.15) is 0 Å². The number of nitrogens with zero attached hydrogens (tertiary/aromatic N) is 4. The van der Waals surface area contributed by atoms with E-state index >= 15 is 0 Å². The molecule has 2 aromatic heterocycles. The first kappa shape index (κ1) is 15.5. The molecule has 1 amide bonds. The Morgan fingerprint density at radius 2 is 2.17 bits per heavy atom. The number of piperidine rings is 1. The Morgan fingerprint density at radius 3 is 2.83 bits per heavy atom. The summed E-state index contributed by atoms with van der Waals surface area (Å²) in [7, 11) is 0. The maximum absolute atomic E-state index is 12.2. The van der Waals surface area contributed by atoms with Crippen molar-refractivity contribution in [2.45, 2.75) is 26.3 Å². The van der Waals surface area contributed by atoms with Gasteiger partial charge in [0.05, 0.1) is 6.33 Å². The Morgan fingerprint density at radius 1 is 1.35 bits per heavy atom. The number of nitrogens with one attached hydrogen (secondary N) is 1. The van der Waals surface area contributed by atoms with Crippen molar-refractivity contribution in [3.05, 3.63) is 42.6 Å². The highest BCUT2D eigenvalue weighted by atomic mass is 16.1. The molecule has 1 N–H and O–H groups in total. The third kappa shape index (κ3) is 4.09. The number of carbonyl (C=O) groups excluding carboxylic acids is 1. The lowest BCUT2D eigenvalue weighted by Crippen LogP contribution is -2.41. The molecule has 0 radical (unpaired) electrons. The molecule has 23 heavy (non-hydrogen) atoms. The molecule has 0 unspecified atom stereocenters. The fourth-order valence-corrected chi connectivity index (χ4v) is 2.89. The molecule has 6 heteroatoms. The first-order valence-corrected chi connectivity index (χ1v) is 8.13. The van der Waals surface area contributed by atoms with Gasteiger partial charge in [-0.25, -0.2) is 9.97 Å². The Hall–Kier alpha value is -2.37. The van der Waals surface area contributed by atoms with Crippen LogP contribution >= 0.6 is 0 Å². The van der Waals surface area contributed by atoms with Gasteiger partial charge < -0.3 is 14.8 Å². The zero-order valence-corrected chi connectivity index (χ0v) is 13.5. The standard InChI is InChI=1S/C17H23N5O/c1-14-2-3-16(20-12-14)22-8-4-15(5-9-22)17(23)19-7-11-21-10-6-18-13-21/h2-3,6,10,12-13,15H,4-5,7-9,11H2,1H3,(H,19,23). The average Bonchev–Trinajstić information content (AvgIpc) is 3.09. The van der Waals surface area contributed by atoms with Gasteiger partial charge in [-0.15, -0.1) is 0 Å². The van der Waals surface area contributed by atoms with E-state index in [9.17, 15) is 4.79 Å². The number of imidazole rings is 1. The number of hydrogen-bond acceptors (Lipinski definition) is 4. The van der Waals surface area contributed by atoms with Crippen LogP contribution in [0.2, 0.25) is 0 Å². The van der Waals surface area contributed by atoms with E-state index in [1.165, 1.54) is 5.56 Å². The lowest BCUT2D eigenvalue weighted by atomic mass is 9.96. The molecule has 6 nitrogen and oxygen atoms in total. The SMILES string of the molecule is Cc1ccc(N2CCC(C(=O)NCCn3ccnc3)CC2)nc1. The summed E-state index contributed by atoms with van der Waals surface area (Å²) in [5.74, 6) is 1.29. The lowest BCUT2D eigenvalue weighted by Gasteiger charge is -2.32. The predicted molar refractivity (Wildman–Crippen MR) is 89.1 cm³/mol. The predicted octanol–water partition coefficient (Wildman–Crippen LogP) is 1.62. The van der Waals surface area contributed by atoms with Crippen molar-refractivity contribution < 1.29 is 4.79 Å². The average molecular weight is 313 g/mol. The van der Waals surface area contributed by atoms with E-state index in [1.807, 2.05) is 23.9 Å². The summed E-state index contributed by atoms with van der Waals surface area (Å²) in [5.41, 5.74) is 1.17. The topological polar surface area (TPSA) is 63.1 Å². The summed E-state index contributed by atoms with van der Waals surface area (Å²) in [6.45, 7) is 5.22. The van der Waals surface area contributed by atoms with Gasteiger partial charge in [0.15, 0.2) is 0 Å². The minimum Gasteiger partial charge on any atom is -0.357 e. The van der Waals surface area contributed by atoms with E-state index < -0.39 is 0 Å². The van der Waals surface area contributed by atoms with Gasteiger partial charge in [0.1, 0.15) is 5.82 Å². The van der Waals surface area contributed by atoms with Crippen LogP contribution in [0.1, 0.15) is 18.4 Å². The number of aromatic nitrogens is 3. The van der Waals surface area contributed by atoms with Gasteiger partial charge >= 0.3 is 0 Å². The Kier molecular flexibility index (Phi) is 4.90.